The Morgan fingerprint density at radius 1 is 1.05 bits per heavy atom. The molecule has 0 saturated carbocycles. The topological polar surface area (TPSA) is 58.2 Å². The molecule has 114 valence electrons. The van der Waals surface area contributed by atoms with E-state index in [2.05, 4.69) is 43.5 Å². The van der Waals surface area contributed by atoms with Gasteiger partial charge in [-0.1, -0.05) is 45.0 Å². The fourth-order valence-corrected chi connectivity index (χ4v) is 1.75. The number of nitrogens with one attached hydrogen (secondary N) is 2. The zero-order valence-electron chi connectivity index (χ0n) is 13.2. The van der Waals surface area contributed by atoms with Crippen LogP contribution in [0.15, 0.2) is 30.3 Å². The summed E-state index contributed by atoms with van der Waals surface area (Å²) in [5.74, 6) is -0.265. The molecule has 0 unspecified atom stereocenters. The second-order valence-corrected chi connectivity index (χ2v) is 5.98. The molecule has 0 aromatic heterocycles. The minimum Gasteiger partial charge on any atom is -0.355 e. The normalized spacial score (nSPS) is 11.4. The maximum Gasteiger partial charge on any atom is 0.244 e. The van der Waals surface area contributed by atoms with Crippen LogP contribution in [0.2, 0.25) is 0 Å². The van der Waals surface area contributed by atoms with Gasteiger partial charge in [0.05, 0.1) is 0 Å². The second-order valence-electron chi connectivity index (χ2n) is 5.98. The van der Waals surface area contributed by atoms with Crippen LogP contribution in [0.3, 0.4) is 0 Å². The van der Waals surface area contributed by atoms with Crippen molar-refractivity contribution in [2.45, 2.75) is 33.1 Å². The average Bonchev–Trinajstić information content (AvgIpc) is 2.40. The molecule has 0 saturated heterocycles. The molecule has 4 heteroatoms. The third kappa shape index (κ3) is 6.75. The molecule has 2 amide bonds. The van der Waals surface area contributed by atoms with Crippen LogP contribution in [0.4, 0.5) is 0 Å². The van der Waals surface area contributed by atoms with Crippen molar-refractivity contribution in [3.05, 3.63) is 41.5 Å². The van der Waals surface area contributed by atoms with Gasteiger partial charge in [-0.25, -0.2) is 0 Å². The Labute approximate surface area is 126 Å². The maximum absolute atomic E-state index is 11.6. The van der Waals surface area contributed by atoms with E-state index < -0.39 is 0 Å². The number of carbonyl (C=O) groups is 2. The predicted molar refractivity (Wildman–Crippen MR) is 85.9 cm³/mol. The average molecular weight is 288 g/mol. The Bertz CT molecular complexity index is 511. The van der Waals surface area contributed by atoms with Crippen LogP contribution in [-0.4, -0.2) is 24.9 Å². The smallest absolute Gasteiger partial charge is 0.244 e. The number of hydrogen-bond donors (Lipinski definition) is 2. The van der Waals surface area contributed by atoms with Crippen LogP contribution in [0.1, 0.15) is 38.8 Å². The molecule has 0 aliphatic carbocycles. The molecule has 0 aliphatic heterocycles. The van der Waals surface area contributed by atoms with Crippen molar-refractivity contribution >= 4 is 17.9 Å². The summed E-state index contributed by atoms with van der Waals surface area (Å²) >= 11 is 0. The molecular formula is C17H24N2O2. The van der Waals surface area contributed by atoms with Crippen molar-refractivity contribution in [1.82, 2.24) is 10.6 Å². The van der Waals surface area contributed by atoms with E-state index in [0.717, 1.165) is 5.56 Å². The second kappa shape index (κ2) is 7.62. The quantitative estimate of drug-likeness (QED) is 0.645. The molecular weight excluding hydrogens is 264 g/mol. The first-order chi connectivity index (χ1) is 9.79. The van der Waals surface area contributed by atoms with Gasteiger partial charge in [-0.2, -0.15) is 0 Å². The molecule has 1 rings (SSSR count). The number of amides is 2. The van der Waals surface area contributed by atoms with E-state index in [0.29, 0.717) is 13.1 Å². The summed E-state index contributed by atoms with van der Waals surface area (Å²) < 4.78 is 0. The van der Waals surface area contributed by atoms with Crippen molar-refractivity contribution in [2.75, 3.05) is 13.1 Å². The molecule has 4 nitrogen and oxygen atoms in total. The van der Waals surface area contributed by atoms with Crippen molar-refractivity contribution in [2.24, 2.45) is 0 Å². The predicted octanol–water partition coefficient (Wildman–Crippen LogP) is 2.25. The first-order valence-corrected chi connectivity index (χ1v) is 7.10. The summed E-state index contributed by atoms with van der Waals surface area (Å²) in [4.78, 5) is 22.2. The minimum atomic E-state index is -0.166. The Morgan fingerprint density at radius 3 is 2.14 bits per heavy atom. The highest BCUT2D eigenvalue weighted by Crippen LogP contribution is 2.22. The Hall–Kier alpha value is -2.10. The summed E-state index contributed by atoms with van der Waals surface area (Å²) in [6, 6.07) is 8.16. The highest BCUT2D eigenvalue weighted by atomic mass is 16.2. The number of benzene rings is 1. The highest BCUT2D eigenvalue weighted by molar-refractivity contribution is 5.91. The SMILES string of the molecule is CC(=O)NCCNC(=O)/C=C/c1ccc(C(C)(C)C)cc1. The van der Waals surface area contributed by atoms with Gasteiger partial charge < -0.3 is 10.6 Å². The van der Waals surface area contributed by atoms with E-state index in [4.69, 9.17) is 0 Å². The summed E-state index contributed by atoms with van der Waals surface area (Å²) in [6.45, 7) is 8.81. The van der Waals surface area contributed by atoms with Gasteiger partial charge in [0, 0.05) is 26.1 Å². The molecule has 2 N–H and O–H groups in total. The summed E-state index contributed by atoms with van der Waals surface area (Å²) in [5, 5.41) is 5.32. The lowest BCUT2D eigenvalue weighted by atomic mass is 9.87. The number of carbonyl (C=O) groups excluding carboxylic acids is 2. The fourth-order valence-electron chi connectivity index (χ4n) is 1.75. The van der Waals surface area contributed by atoms with Gasteiger partial charge in [-0.3, -0.25) is 9.59 Å². The van der Waals surface area contributed by atoms with Crippen LogP contribution >= 0.6 is 0 Å². The molecule has 0 aliphatic rings. The molecule has 1 aromatic carbocycles. The van der Waals surface area contributed by atoms with Crippen LogP contribution in [0, 0.1) is 0 Å². The standard InChI is InChI=1S/C17H24N2O2/c1-13(20)18-11-12-19-16(21)10-7-14-5-8-15(9-6-14)17(2,3)4/h5-10H,11-12H2,1-4H3,(H,18,20)(H,19,21)/b10-7+. The van der Waals surface area contributed by atoms with E-state index in [-0.39, 0.29) is 17.2 Å². The minimum absolute atomic E-state index is 0.0984. The van der Waals surface area contributed by atoms with Crippen molar-refractivity contribution in [3.63, 3.8) is 0 Å². The molecule has 0 spiro atoms. The largest absolute Gasteiger partial charge is 0.355 e. The van der Waals surface area contributed by atoms with Crippen molar-refractivity contribution in [3.8, 4) is 0 Å². The molecule has 0 bridgehead atoms. The van der Waals surface area contributed by atoms with Crippen molar-refractivity contribution < 1.29 is 9.59 Å². The third-order valence-corrected chi connectivity index (χ3v) is 3.00. The fraction of sp³-hybridized carbons (Fsp3) is 0.412. The lowest BCUT2D eigenvalue weighted by molar-refractivity contribution is -0.119. The third-order valence-electron chi connectivity index (χ3n) is 3.00. The van der Waals surface area contributed by atoms with Gasteiger partial charge in [0.25, 0.3) is 0 Å². The number of hydrogen-bond acceptors (Lipinski definition) is 2. The number of rotatable bonds is 5. The van der Waals surface area contributed by atoms with E-state index in [1.54, 1.807) is 6.08 Å². The van der Waals surface area contributed by atoms with Gasteiger partial charge in [-0.15, -0.1) is 0 Å². The molecule has 0 heterocycles. The lowest BCUT2D eigenvalue weighted by Gasteiger charge is -2.18. The zero-order valence-corrected chi connectivity index (χ0v) is 13.2. The Morgan fingerprint density at radius 2 is 1.62 bits per heavy atom. The summed E-state index contributed by atoms with van der Waals surface area (Å²) in [6.07, 6.45) is 3.28. The van der Waals surface area contributed by atoms with Crippen molar-refractivity contribution in [1.29, 1.82) is 0 Å². The molecule has 0 atom stereocenters. The van der Waals surface area contributed by atoms with E-state index >= 15 is 0 Å². The maximum atomic E-state index is 11.6. The monoisotopic (exact) mass is 288 g/mol. The molecule has 21 heavy (non-hydrogen) atoms. The highest BCUT2D eigenvalue weighted by Gasteiger charge is 2.12. The van der Waals surface area contributed by atoms with Crippen LogP contribution < -0.4 is 10.6 Å². The van der Waals surface area contributed by atoms with E-state index in [1.807, 2.05) is 12.1 Å². The van der Waals surface area contributed by atoms with Gasteiger partial charge in [-0.05, 0) is 22.6 Å². The van der Waals surface area contributed by atoms with E-state index in [9.17, 15) is 9.59 Å². The van der Waals surface area contributed by atoms with Gasteiger partial charge in [0.2, 0.25) is 11.8 Å². The first-order valence-electron chi connectivity index (χ1n) is 7.10. The van der Waals surface area contributed by atoms with Gasteiger partial charge in [0.1, 0.15) is 0 Å². The lowest BCUT2D eigenvalue weighted by Crippen LogP contribution is -2.32. The molecule has 0 radical (unpaired) electrons. The summed E-state index contributed by atoms with van der Waals surface area (Å²) in [5.41, 5.74) is 2.38. The first kappa shape index (κ1) is 17.0. The van der Waals surface area contributed by atoms with Crippen LogP contribution in [0.25, 0.3) is 6.08 Å². The Balaban J connectivity index is 2.45. The zero-order chi connectivity index (χ0) is 15.9. The molecule has 1 aromatic rings. The van der Waals surface area contributed by atoms with Crippen LogP contribution in [-0.2, 0) is 15.0 Å². The Kier molecular flexibility index (Phi) is 6.15. The van der Waals surface area contributed by atoms with E-state index in [1.165, 1.54) is 18.6 Å². The van der Waals surface area contributed by atoms with Gasteiger partial charge in [0.15, 0.2) is 0 Å². The summed E-state index contributed by atoms with van der Waals surface area (Å²) in [7, 11) is 0. The van der Waals surface area contributed by atoms with Gasteiger partial charge >= 0.3 is 0 Å². The van der Waals surface area contributed by atoms with Crippen LogP contribution in [0.5, 0.6) is 0 Å². The molecule has 0 fully saturated rings.